The van der Waals surface area contributed by atoms with Crippen LogP contribution in [0.5, 0.6) is 6.01 Å². The van der Waals surface area contributed by atoms with E-state index in [2.05, 4.69) is 19.9 Å². The van der Waals surface area contributed by atoms with Gasteiger partial charge in [0.2, 0.25) is 5.95 Å². The highest BCUT2D eigenvalue weighted by Gasteiger charge is 2.34. The first kappa shape index (κ1) is 20.6. The van der Waals surface area contributed by atoms with E-state index >= 15 is 0 Å². The van der Waals surface area contributed by atoms with Crippen LogP contribution in [0, 0.1) is 0 Å². The van der Waals surface area contributed by atoms with E-state index in [-0.39, 0.29) is 34.9 Å². The van der Waals surface area contributed by atoms with Crippen LogP contribution >= 0.6 is 0 Å². The van der Waals surface area contributed by atoms with Gasteiger partial charge in [-0.05, 0) is 19.9 Å². The van der Waals surface area contributed by atoms with Gasteiger partial charge in [-0.25, -0.2) is 13.8 Å². The van der Waals surface area contributed by atoms with Crippen molar-refractivity contribution in [2.24, 2.45) is 0 Å². The molecule has 2 N–H and O–H groups in total. The number of morpholine rings is 1. The van der Waals surface area contributed by atoms with Crippen molar-refractivity contribution in [2.75, 3.05) is 43.6 Å². The monoisotopic (exact) mass is 422 g/mol. The zero-order chi connectivity index (χ0) is 21.3. The Morgan fingerprint density at radius 3 is 2.77 bits per heavy atom. The van der Waals surface area contributed by atoms with Crippen LogP contribution in [0.25, 0.3) is 11.4 Å². The quantitative estimate of drug-likeness (QED) is 0.776. The fourth-order valence-electron chi connectivity index (χ4n) is 3.48. The Hall–Kier alpha value is -2.66. The van der Waals surface area contributed by atoms with Gasteiger partial charge in [-0.2, -0.15) is 15.0 Å². The van der Waals surface area contributed by atoms with Crippen LogP contribution < -0.4 is 15.4 Å². The average Bonchev–Trinajstić information content (AvgIpc) is 3.20. The minimum absolute atomic E-state index is 0.00257. The van der Waals surface area contributed by atoms with Crippen molar-refractivity contribution in [3.8, 4) is 17.4 Å². The highest BCUT2D eigenvalue weighted by atomic mass is 19.3. The molecular formula is C19H24F2N6O3. The molecule has 9 nitrogen and oxygen atoms in total. The number of aromatic nitrogens is 4. The second kappa shape index (κ2) is 8.23. The molecule has 0 spiro atoms. The normalized spacial score (nSPS) is 21.2. The minimum atomic E-state index is -2.77. The van der Waals surface area contributed by atoms with Crippen LogP contribution in [-0.4, -0.2) is 64.6 Å². The molecule has 0 bridgehead atoms. The summed E-state index contributed by atoms with van der Waals surface area (Å²) in [6.45, 7) is 6.53. The highest BCUT2D eigenvalue weighted by molar-refractivity contribution is 5.63. The van der Waals surface area contributed by atoms with Crippen LogP contribution in [0.3, 0.4) is 0 Å². The summed E-state index contributed by atoms with van der Waals surface area (Å²) in [5.41, 5.74) is 5.00. The zero-order valence-electron chi connectivity index (χ0n) is 16.8. The third kappa shape index (κ3) is 4.26. The van der Waals surface area contributed by atoms with Crippen LogP contribution in [0.15, 0.2) is 12.3 Å². The van der Waals surface area contributed by atoms with E-state index in [1.165, 1.54) is 6.20 Å². The second-order valence-corrected chi connectivity index (χ2v) is 7.86. The van der Waals surface area contributed by atoms with Crippen molar-refractivity contribution in [3.05, 3.63) is 17.8 Å². The summed E-state index contributed by atoms with van der Waals surface area (Å²) >= 11 is 0. The molecule has 4 heterocycles. The lowest BCUT2D eigenvalue weighted by Gasteiger charge is -2.42. The molecule has 4 rings (SSSR count). The molecule has 0 amide bonds. The van der Waals surface area contributed by atoms with Crippen LogP contribution in [0.1, 0.15) is 32.3 Å². The summed E-state index contributed by atoms with van der Waals surface area (Å²) in [7, 11) is 0. The Morgan fingerprint density at radius 1 is 1.23 bits per heavy atom. The van der Waals surface area contributed by atoms with Gasteiger partial charge in [-0.15, -0.1) is 0 Å². The summed E-state index contributed by atoms with van der Waals surface area (Å²) in [6, 6.07) is 1.19. The van der Waals surface area contributed by atoms with Gasteiger partial charge >= 0.3 is 6.01 Å². The predicted molar refractivity (Wildman–Crippen MR) is 105 cm³/mol. The van der Waals surface area contributed by atoms with E-state index in [1.54, 1.807) is 0 Å². The van der Waals surface area contributed by atoms with Crippen molar-refractivity contribution in [2.45, 2.75) is 38.3 Å². The molecule has 2 aromatic heterocycles. The largest absolute Gasteiger partial charge is 0.457 e. The molecule has 2 saturated heterocycles. The number of hydrogen-bond acceptors (Lipinski definition) is 9. The summed E-state index contributed by atoms with van der Waals surface area (Å²) < 4.78 is 44.1. The number of rotatable bonds is 5. The molecule has 2 aromatic rings. The van der Waals surface area contributed by atoms with Crippen molar-refractivity contribution < 1.29 is 23.0 Å². The first-order valence-corrected chi connectivity index (χ1v) is 9.73. The number of hydrogen-bond donors (Lipinski definition) is 1. The zero-order valence-corrected chi connectivity index (χ0v) is 16.8. The van der Waals surface area contributed by atoms with Gasteiger partial charge in [0.05, 0.1) is 32.0 Å². The minimum Gasteiger partial charge on any atom is -0.457 e. The number of alkyl halides is 2. The van der Waals surface area contributed by atoms with Crippen molar-refractivity contribution in [1.29, 1.82) is 0 Å². The molecule has 2 aliphatic rings. The lowest BCUT2D eigenvalue weighted by molar-refractivity contribution is 0.0631. The molecule has 0 radical (unpaired) electrons. The molecule has 2 fully saturated rings. The van der Waals surface area contributed by atoms with Gasteiger partial charge in [0, 0.05) is 30.3 Å². The van der Waals surface area contributed by atoms with Gasteiger partial charge in [-0.3, -0.25) is 0 Å². The van der Waals surface area contributed by atoms with Crippen molar-refractivity contribution in [1.82, 2.24) is 19.9 Å². The Morgan fingerprint density at radius 2 is 2.07 bits per heavy atom. The second-order valence-electron chi connectivity index (χ2n) is 7.86. The van der Waals surface area contributed by atoms with Gasteiger partial charge in [0.1, 0.15) is 11.9 Å². The van der Waals surface area contributed by atoms with Gasteiger partial charge in [-0.1, -0.05) is 0 Å². The Labute approximate surface area is 172 Å². The van der Waals surface area contributed by atoms with E-state index in [1.807, 2.05) is 18.7 Å². The SMILES string of the molecule is CC1(C)COCCN1c1nc(OC2CCOC2)nc(-c2cnc(N)cc2C(F)F)n1. The van der Waals surface area contributed by atoms with Crippen molar-refractivity contribution >= 4 is 11.8 Å². The summed E-state index contributed by atoms with van der Waals surface area (Å²) in [5, 5.41) is 0. The molecule has 0 aromatic carbocycles. The summed E-state index contributed by atoms with van der Waals surface area (Å²) in [6.07, 6.45) is -1.02. The van der Waals surface area contributed by atoms with Crippen molar-refractivity contribution in [3.63, 3.8) is 0 Å². The maximum Gasteiger partial charge on any atom is 0.322 e. The fourth-order valence-corrected chi connectivity index (χ4v) is 3.48. The van der Waals surface area contributed by atoms with E-state index < -0.39 is 12.0 Å². The topological polar surface area (TPSA) is 109 Å². The predicted octanol–water partition coefficient (Wildman–Crippen LogP) is 2.24. The first-order valence-electron chi connectivity index (χ1n) is 9.73. The van der Waals surface area contributed by atoms with Crippen LogP contribution in [-0.2, 0) is 9.47 Å². The molecule has 0 saturated carbocycles. The molecule has 2 aliphatic heterocycles. The van der Waals surface area contributed by atoms with E-state index in [9.17, 15) is 8.78 Å². The molecular weight excluding hydrogens is 398 g/mol. The third-order valence-electron chi connectivity index (χ3n) is 5.08. The summed E-state index contributed by atoms with van der Waals surface area (Å²) in [4.78, 5) is 19.2. The number of nitrogen functional groups attached to an aromatic ring is 1. The molecule has 0 aliphatic carbocycles. The smallest absolute Gasteiger partial charge is 0.322 e. The Kier molecular flexibility index (Phi) is 5.65. The molecule has 1 unspecified atom stereocenters. The molecule has 1 atom stereocenters. The van der Waals surface area contributed by atoms with Gasteiger partial charge in [0.25, 0.3) is 6.43 Å². The van der Waals surface area contributed by atoms with Crippen LogP contribution in [0.4, 0.5) is 20.5 Å². The maximum absolute atomic E-state index is 13.7. The lowest BCUT2D eigenvalue weighted by Crippen LogP contribution is -2.54. The third-order valence-corrected chi connectivity index (χ3v) is 5.08. The average molecular weight is 422 g/mol. The van der Waals surface area contributed by atoms with Gasteiger partial charge in [0.15, 0.2) is 5.82 Å². The Bertz CT molecular complexity index is 908. The number of halogens is 2. The number of ether oxygens (including phenoxy) is 3. The molecule has 162 valence electrons. The fraction of sp³-hybridized carbons (Fsp3) is 0.579. The lowest BCUT2D eigenvalue weighted by atomic mass is 10.0. The van der Waals surface area contributed by atoms with E-state index in [0.29, 0.717) is 45.3 Å². The molecule has 11 heteroatoms. The van der Waals surface area contributed by atoms with E-state index in [4.69, 9.17) is 19.9 Å². The number of nitrogens with zero attached hydrogens (tertiary/aromatic N) is 5. The standard InChI is InChI=1S/C19H24F2N6O3/c1-19(2)10-29-6-4-27(19)17-24-16(13-8-23-14(22)7-12(13)15(20)21)25-18(26-17)30-11-3-5-28-9-11/h7-8,11,15H,3-6,9-10H2,1-2H3,(H2,22,23). The van der Waals surface area contributed by atoms with Gasteiger partial charge < -0.3 is 24.8 Å². The number of nitrogens with two attached hydrogens (primary N) is 1. The van der Waals surface area contributed by atoms with E-state index in [0.717, 1.165) is 6.07 Å². The summed E-state index contributed by atoms with van der Waals surface area (Å²) in [5.74, 6) is 0.385. The number of pyridine rings is 1. The Balaban J connectivity index is 1.80. The van der Waals surface area contributed by atoms with Crippen LogP contribution in [0.2, 0.25) is 0 Å². The highest BCUT2D eigenvalue weighted by Crippen LogP contribution is 2.33. The first-order chi connectivity index (χ1) is 14.3. The number of anilines is 2. The maximum atomic E-state index is 13.7. The molecule has 30 heavy (non-hydrogen) atoms.